The summed E-state index contributed by atoms with van der Waals surface area (Å²) in [4.78, 5) is 11.3. The molecule has 22 heavy (non-hydrogen) atoms. The zero-order chi connectivity index (χ0) is 15.2. The van der Waals surface area contributed by atoms with Crippen molar-refractivity contribution >= 4 is 6.29 Å². The van der Waals surface area contributed by atoms with Crippen molar-refractivity contribution in [2.75, 3.05) is 0 Å². The van der Waals surface area contributed by atoms with Gasteiger partial charge in [0, 0.05) is 12.2 Å². The molecule has 0 aliphatic heterocycles. The van der Waals surface area contributed by atoms with Gasteiger partial charge in [0.1, 0.15) is 0 Å². The van der Waals surface area contributed by atoms with Gasteiger partial charge in [0.15, 0.2) is 6.29 Å². The third kappa shape index (κ3) is 3.34. The van der Waals surface area contributed by atoms with Crippen LogP contribution in [0.5, 0.6) is 0 Å². The Morgan fingerprint density at radius 2 is 1.36 bits per heavy atom. The van der Waals surface area contributed by atoms with Crippen molar-refractivity contribution in [1.82, 2.24) is 4.57 Å². The summed E-state index contributed by atoms with van der Waals surface area (Å²) < 4.78 is 2.12. The number of aldehydes is 1. The summed E-state index contributed by atoms with van der Waals surface area (Å²) in [6, 6.07) is 24.7. The minimum absolute atomic E-state index is 0.742. The van der Waals surface area contributed by atoms with Crippen LogP contribution in [0.4, 0.5) is 0 Å². The van der Waals surface area contributed by atoms with Crippen molar-refractivity contribution in [2.24, 2.45) is 0 Å². The fourth-order valence-electron chi connectivity index (χ4n) is 2.72. The molecule has 2 nitrogen and oxygen atoms in total. The van der Waals surface area contributed by atoms with Crippen molar-refractivity contribution in [1.29, 1.82) is 0 Å². The second-order valence-electron chi connectivity index (χ2n) is 5.42. The lowest BCUT2D eigenvalue weighted by Gasteiger charge is -2.11. The summed E-state index contributed by atoms with van der Waals surface area (Å²) >= 11 is 0. The van der Waals surface area contributed by atoms with Gasteiger partial charge in [0.2, 0.25) is 0 Å². The van der Waals surface area contributed by atoms with Crippen LogP contribution < -0.4 is 0 Å². The van der Waals surface area contributed by atoms with Crippen LogP contribution in [0.2, 0.25) is 0 Å². The summed E-state index contributed by atoms with van der Waals surface area (Å²) in [6.45, 7) is 0.742. The van der Waals surface area contributed by atoms with Crippen LogP contribution >= 0.6 is 0 Å². The van der Waals surface area contributed by atoms with Crippen LogP contribution in [-0.4, -0.2) is 10.9 Å². The summed E-state index contributed by atoms with van der Waals surface area (Å²) in [6.07, 6.45) is 2.86. The molecule has 0 atom stereocenters. The smallest absolute Gasteiger partial charge is 0.166 e. The maximum absolute atomic E-state index is 11.3. The van der Waals surface area contributed by atoms with E-state index in [0.717, 1.165) is 31.4 Å². The molecule has 0 saturated heterocycles. The minimum Gasteiger partial charge on any atom is -0.338 e. The average molecular weight is 289 g/mol. The molecule has 1 heterocycles. The maximum atomic E-state index is 11.3. The lowest BCUT2D eigenvalue weighted by Crippen LogP contribution is -2.08. The van der Waals surface area contributed by atoms with Crippen LogP contribution in [0.3, 0.4) is 0 Å². The second kappa shape index (κ2) is 6.90. The molecule has 2 aromatic carbocycles. The molecule has 3 aromatic rings. The summed E-state index contributed by atoms with van der Waals surface area (Å²) in [5.74, 6) is 0. The first-order chi connectivity index (χ1) is 10.9. The third-order valence-corrected chi connectivity index (χ3v) is 3.92. The Labute approximate surface area is 131 Å². The molecule has 0 unspecified atom stereocenters. The van der Waals surface area contributed by atoms with E-state index < -0.39 is 0 Å². The van der Waals surface area contributed by atoms with E-state index in [4.69, 9.17) is 0 Å². The molecule has 0 N–H and O–H groups in total. The number of carbonyl (C=O) groups excluding carboxylic acids is 1. The molecule has 0 saturated carbocycles. The lowest BCUT2D eigenvalue weighted by molar-refractivity contribution is 0.111. The van der Waals surface area contributed by atoms with Crippen molar-refractivity contribution in [2.45, 2.75) is 19.4 Å². The van der Waals surface area contributed by atoms with Crippen molar-refractivity contribution in [3.05, 3.63) is 95.3 Å². The van der Waals surface area contributed by atoms with Gasteiger partial charge in [0.25, 0.3) is 0 Å². The number of nitrogens with zero attached hydrogens (tertiary/aromatic N) is 1. The highest BCUT2D eigenvalue weighted by Crippen LogP contribution is 2.14. The Morgan fingerprint density at radius 3 is 2.00 bits per heavy atom. The van der Waals surface area contributed by atoms with Gasteiger partial charge in [0.05, 0.1) is 5.69 Å². The fourth-order valence-corrected chi connectivity index (χ4v) is 2.72. The number of benzene rings is 2. The molecule has 1 aromatic heterocycles. The summed E-state index contributed by atoms with van der Waals surface area (Å²) in [5.41, 5.74) is 4.48. The Morgan fingerprint density at radius 1 is 0.727 bits per heavy atom. The van der Waals surface area contributed by atoms with Gasteiger partial charge in [-0.15, -0.1) is 0 Å². The first-order valence-electron chi connectivity index (χ1n) is 7.58. The van der Waals surface area contributed by atoms with Crippen LogP contribution in [0, 0.1) is 0 Å². The second-order valence-corrected chi connectivity index (χ2v) is 5.42. The highest BCUT2D eigenvalue weighted by Gasteiger charge is 2.08. The van der Waals surface area contributed by atoms with Gasteiger partial charge in [-0.2, -0.15) is 0 Å². The molecular weight excluding hydrogens is 270 g/mol. The monoisotopic (exact) mass is 289 g/mol. The van der Waals surface area contributed by atoms with Crippen molar-refractivity contribution in [3.63, 3.8) is 0 Å². The first-order valence-corrected chi connectivity index (χ1v) is 7.58. The van der Waals surface area contributed by atoms with Crippen molar-refractivity contribution in [3.8, 4) is 0 Å². The molecule has 0 radical (unpaired) electrons. The third-order valence-electron chi connectivity index (χ3n) is 3.92. The van der Waals surface area contributed by atoms with E-state index >= 15 is 0 Å². The number of hydrogen-bond acceptors (Lipinski definition) is 1. The highest BCUT2D eigenvalue weighted by molar-refractivity contribution is 5.72. The van der Waals surface area contributed by atoms with Gasteiger partial charge < -0.3 is 4.57 Å². The largest absolute Gasteiger partial charge is 0.338 e. The summed E-state index contributed by atoms with van der Waals surface area (Å²) in [7, 11) is 0. The Kier molecular flexibility index (Phi) is 4.50. The number of carbonyl (C=O) groups is 1. The fraction of sp³-hybridized carbons (Fsp3) is 0.150. The van der Waals surface area contributed by atoms with Gasteiger partial charge in [-0.25, -0.2) is 0 Å². The molecule has 110 valence electrons. The van der Waals surface area contributed by atoms with Gasteiger partial charge in [-0.3, -0.25) is 4.79 Å². The van der Waals surface area contributed by atoms with Gasteiger partial charge in [-0.1, -0.05) is 60.7 Å². The Balaban J connectivity index is 1.79. The molecule has 0 aliphatic rings. The van der Waals surface area contributed by atoms with Crippen LogP contribution in [-0.2, 0) is 19.4 Å². The van der Waals surface area contributed by atoms with E-state index in [0.29, 0.717) is 0 Å². The zero-order valence-electron chi connectivity index (χ0n) is 12.5. The van der Waals surface area contributed by atoms with Crippen LogP contribution in [0.25, 0.3) is 0 Å². The molecule has 2 heteroatoms. The zero-order valence-corrected chi connectivity index (χ0v) is 12.5. The van der Waals surface area contributed by atoms with Gasteiger partial charge in [-0.05, 0) is 36.1 Å². The predicted octanol–water partition coefficient (Wildman–Crippen LogP) is 4.13. The predicted molar refractivity (Wildman–Crippen MR) is 89.2 cm³/mol. The molecule has 0 spiro atoms. The van der Waals surface area contributed by atoms with E-state index in [9.17, 15) is 4.79 Å². The minimum atomic E-state index is 0.742. The molecule has 0 aliphatic carbocycles. The quantitative estimate of drug-likeness (QED) is 0.625. The topological polar surface area (TPSA) is 22.0 Å². The highest BCUT2D eigenvalue weighted by atomic mass is 16.1. The number of aryl methyl sites for hydroxylation is 2. The first kappa shape index (κ1) is 14.3. The number of aromatic nitrogens is 1. The molecule has 0 amide bonds. The lowest BCUT2D eigenvalue weighted by atomic mass is 10.1. The molecule has 0 bridgehead atoms. The van der Waals surface area contributed by atoms with Crippen molar-refractivity contribution < 1.29 is 4.79 Å². The molecule has 3 rings (SSSR count). The standard InChI is InChI=1S/C20H19NO/c22-16-20-14-13-19(12-11-17-7-3-1-4-8-17)21(20)15-18-9-5-2-6-10-18/h1-10,13-14,16H,11-12,15H2. The average Bonchev–Trinajstić information content (AvgIpc) is 2.97. The van der Waals surface area contributed by atoms with E-state index in [1.807, 2.05) is 30.3 Å². The van der Waals surface area contributed by atoms with Crippen LogP contribution in [0.1, 0.15) is 27.3 Å². The molecular formula is C20H19NO. The Hall–Kier alpha value is -2.61. The van der Waals surface area contributed by atoms with E-state index in [1.165, 1.54) is 16.8 Å². The Bertz CT molecular complexity index is 729. The molecule has 0 fully saturated rings. The van der Waals surface area contributed by atoms with Gasteiger partial charge >= 0.3 is 0 Å². The normalized spacial score (nSPS) is 10.5. The van der Waals surface area contributed by atoms with E-state index in [2.05, 4.69) is 47.0 Å². The van der Waals surface area contributed by atoms with Crippen LogP contribution in [0.15, 0.2) is 72.8 Å². The number of rotatable bonds is 6. The summed E-state index contributed by atoms with van der Waals surface area (Å²) in [5, 5.41) is 0. The maximum Gasteiger partial charge on any atom is 0.166 e. The SMILES string of the molecule is O=Cc1ccc(CCc2ccccc2)n1Cc1ccccc1. The van der Waals surface area contributed by atoms with E-state index in [-0.39, 0.29) is 0 Å². The van der Waals surface area contributed by atoms with E-state index in [1.54, 1.807) is 0 Å². The number of hydrogen-bond donors (Lipinski definition) is 0.